The van der Waals surface area contributed by atoms with E-state index in [1.165, 1.54) is 12.8 Å². The summed E-state index contributed by atoms with van der Waals surface area (Å²) in [5.41, 5.74) is 0.830. The van der Waals surface area contributed by atoms with Crippen LogP contribution in [0.3, 0.4) is 0 Å². The summed E-state index contributed by atoms with van der Waals surface area (Å²) in [6.07, 6.45) is 4.87. The summed E-state index contributed by atoms with van der Waals surface area (Å²) in [7, 11) is 0. The van der Waals surface area contributed by atoms with Crippen molar-refractivity contribution in [2.45, 2.75) is 45.1 Å². The van der Waals surface area contributed by atoms with Gasteiger partial charge in [0.25, 0.3) is 0 Å². The van der Waals surface area contributed by atoms with Gasteiger partial charge in [0.1, 0.15) is 0 Å². The number of nitrogens with one attached hydrogen (secondary N) is 3. The standard InChI is InChI=1S/C22H34N4O2/c1-17(18-6-5-11-23-15-18)14-21(27)24-20-9-12-26(13-10-20)16-22(28)25-19-7-3-2-4-8-19/h2-4,7-8,17-18,20,23H,5-6,9-16H2,1H3,(H,24,27)(H,25,28). The first kappa shape index (κ1) is 20.8. The SMILES string of the molecule is CC(CC(=O)NC1CCN(CC(=O)Nc2ccccc2)CC1)C1CCCNC1. The topological polar surface area (TPSA) is 73.5 Å². The summed E-state index contributed by atoms with van der Waals surface area (Å²) in [5, 5.41) is 9.58. The van der Waals surface area contributed by atoms with Crippen molar-refractivity contribution in [2.24, 2.45) is 11.8 Å². The second kappa shape index (κ2) is 10.6. The molecule has 6 nitrogen and oxygen atoms in total. The van der Waals surface area contributed by atoms with Gasteiger partial charge in [0.05, 0.1) is 6.54 Å². The van der Waals surface area contributed by atoms with Crippen molar-refractivity contribution >= 4 is 17.5 Å². The van der Waals surface area contributed by atoms with Crippen LogP contribution in [-0.2, 0) is 9.59 Å². The molecule has 0 spiro atoms. The average molecular weight is 387 g/mol. The third-order valence-electron chi connectivity index (χ3n) is 6.02. The van der Waals surface area contributed by atoms with Gasteiger partial charge in [-0.1, -0.05) is 25.1 Å². The molecule has 0 saturated carbocycles. The molecular weight excluding hydrogens is 352 g/mol. The highest BCUT2D eigenvalue weighted by molar-refractivity contribution is 5.92. The number of hydrogen-bond acceptors (Lipinski definition) is 4. The zero-order valence-electron chi connectivity index (χ0n) is 17.0. The maximum absolute atomic E-state index is 12.4. The number of carbonyl (C=O) groups excluding carboxylic acids is 2. The minimum atomic E-state index is 0.0172. The zero-order valence-corrected chi connectivity index (χ0v) is 17.0. The molecule has 0 radical (unpaired) electrons. The Balaban J connectivity index is 1.33. The zero-order chi connectivity index (χ0) is 19.8. The lowest BCUT2D eigenvalue weighted by atomic mass is 9.85. The van der Waals surface area contributed by atoms with E-state index in [2.05, 4.69) is 27.8 Å². The third-order valence-corrected chi connectivity index (χ3v) is 6.02. The van der Waals surface area contributed by atoms with E-state index in [9.17, 15) is 9.59 Å². The van der Waals surface area contributed by atoms with Crippen LogP contribution in [0, 0.1) is 11.8 Å². The smallest absolute Gasteiger partial charge is 0.238 e. The van der Waals surface area contributed by atoms with Crippen molar-refractivity contribution in [1.29, 1.82) is 0 Å². The highest BCUT2D eigenvalue weighted by Crippen LogP contribution is 2.22. The predicted molar refractivity (Wildman–Crippen MR) is 112 cm³/mol. The molecular formula is C22H34N4O2. The van der Waals surface area contributed by atoms with Crippen molar-refractivity contribution in [1.82, 2.24) is 15.5 Å². The molecule has 3 N–H and O–H groups in total. The van der Waals surface area contributed by atoms with Gasteiger partial charge in [-0.3, -0.25) is 14.5 Å². The minimum Gasteiger partial charge on any atom is -0.353 e. The Morgan fingerprint density at radius 2 is 1.89 bits per heavy atom. The lowest BCUT2D eigenvalue weighted by molar-refractivity contribution is -0.123. The molecule has 1 aromatic rings. The lowest BCUT2D eigenvalue weighted by Gasteiger charge is -2.32. The summed E-state index contributed by atoms with van der Waals surface area (Å²) >= 11 is 0. The molecule has 6 heteroatoms. The van der Waals surface area contributed by atoms with Gasteiger partial charge in [-0.25, -0.2) is 0 Å². The molecule has 3 rings (SSSR count). The second-order valence-corrected chi connectivity index (χ2v) is 8.32. The lowest BCUT2D eigenvalue weighted by Crippen LogP contribution is -2.47. The van der Waals surface area contributed by atoms with Gasteiger partial charge >= 0.3 is 0 Å². The van der Waals surface area contributed by atoms with Crippen LogP contribution in [-0.4, -0.2) is 55.5 Å². The molecule has 2 amide bonds. The Morgan fingerprint density at radius 1 is 1.14 bits per heavy atom. The molecule has 0 aliphatic carbocycles. The summed E-state index contributed by atoms with van der Waals surface area (Å²) in [4.78, 5) is 26.8. The highest BCUT2D eigenvalue weighted by Gasteiger charge is 2.25. The van der Waals surface area contributed by atoms with Crippen molar-refractivity contribution in [3.8, 4) is 0 Å². The quantitative estimate of drug-likeness (QED) is 0.672. The van der Waals surface area contributed by atoms with Crippen molar-refractivity contribution in [3.63, 3.8) is 0 Å². The van der Waals surface area contributed by atoms with Crippen LogP contribution in [0.4, 0.5) is 5.69 Å². The van der Waals surface area contributed by atoms with Crippen LogP contribution in [0.15, 0.2) is 30.3 Å². The molecule has 28 heavy (non-hydrogen) atoms. The van der Waals surface area contributed by atoms with Crippen LogP contribution in [0.25, 0.3) is 0 Å². The van der Waals surface area contributed by atoms with Gasteiger partial charge in [-0.2, -0.15) is 0 Å². The first-order chi connectivity index (χ1) is 13.6. The van der Waals surface area contributed by atoms with E-state index < -0.39 is 0 Å². The van der Waals surface area contributed by atoms with Crippen LogP contribution < -0.4 is 16.0 Å². The van der Waals surface area contributed by atoms with E-state index in [1.54, 1.807) is 0 Å². The van der Waals surface area contributed by atoms with Gasteiger partial charge in [0, 0.05) is 31.2 Å². The first-order valence-corrected chi connectivity index (χ1v) is 10.7. The Kier molecular flexibility index (Phi) is 7.86. The fourth-order valence-electron chi connectivity index (χ4n) is 4.27. The number of likely N-dealkylation sites (tertiary alicyclic amines) is 1. The molecule has 2 atom stereocenters. The predicted octanol–water partition coefficient (Wildman–Crippen LogP) is 2.23. The molecule has 2 aliphatic heterocycles. The summed E-state index contributed by atoms with van der Waals surface area (Å²) in [6, 6.07) is 9.78. The summed E-state index contributed by atoms with van der Waals surface area (Å²) in [5.74, 6) is 1.24. The molecule has 1 aromatic carbocycles. The largest absolute Gasteiger partial charge is 0.353 e. The summed E-state index contributed by atoms with van der Waals surface area (Å²) < 4.78 is 0. The van der Waals surface area contributed by atoms with Crippen molar-refractivity contribution < 1.29 is 9.59 Å². The number of amides is 2. The Hall–Kier alpha value is -1.92. The van der Waals surface area contributed by atoms with Crippen LogP contribution in [0.2, 0.25) is 0 Å². The number of nitrogens with zero attached hydrogens (tertiary/aromatic N) is 1. The van der Waals surface area contributed by atoms with E-state index in [4.69, 9.17) is 0 Å². The van der Waals surface area contributed by atoms with E-state index in [-0.39, 0.29) is 17.9 Å². The van der Waals surface area contributed by atoms with E-state index in [0.29, 0.717) is 24.8 Å². The number of rotatable bonds is 7. The van der Waals surface area contributed by atoms with Gasteiger partial charge in [-0.15, -0.1) is 0 Å². The van der Waals surface area contributed by atoms with Crippen LogP contribution >= 0.6 is 0 Å². The van der Waals surface area contributed by atoms with E-state index in [1.807, 2.05) is 30.3 Å². The molecule has 0 bridgehead atoms. The third kappa shape index (κ3) is 6.60. The maximum atomic E-state index is 12.4. The van der Waals surface area contributed by atoms with E-state index >= 15 is 0 Å². The minimum absolute atomic E-state index is 0.0172. The van der Waals surface area contributed by atoms with Gasteiger partial charge in [-0.05, 0) is 62.7 Å². The maximum Gasteiger partial charge on any atom is 0.238 e. The van der Waals surface area contributed by atoms with Gasteiger partial charge in [0.2, 0.25) is 11.8 Å². The number of para-hydroxylation sites is 1. The number of carbonyl (C=O) groups is 2. The molecule has 2 aliphatic rings. The number of anilines is 1. The van der Waals surface area contributed by atoms with Gasteiger partial charge in [0.15, 0.2) is 0 Å². The molecule has 2 fully saturated rings. The number of hydrogen-bond donors (Lipinski definition) is 3. The van der Waals surface area contributed by atoms with Crippen LogP contribution in [0.5, 0.6) is 0 Å². The first-order valence-electron chi connectivity index (χ1n) is 10.7. The van der Waals surface area contributed by atoms with Gasteiger partial charge < -0.3 is 16.0 Å². The number of benzene rings is 1. The van der Waals surface area contributed by atoms with E-state index in [0.717, 1.165) is 44.7 Å². The Bertz CT molecular complexity index is 623. The monoisotopic (exact) mass is 386 g/mol. The molecule has 2 saturated heterocycles. The number of piperidine rings is 2. The van der Waals surface area contributed by atoms with Crippen LogP contribution in [0.1, 0.15) is 39.0 Å². The fraction of sp³-hybridized carbons (Fsp3) is 0.636. The fourth-order valence-corrected chi connectivity index (χ4v) is 4.27. The molecule has 154 valence electrons. The molecule has 0 aromatic heterocycles. The molecule has 2 unspecified atom stereocenters. The average Bonchev–Trinajstić information content (AvgIpc) is 2.71. The molecule has 2 heterocycles. The van der Waals surface area contributed by atoms with Crippen molar-refractivity contribution in [3.05, 3.63) is 30.3 Å². The summed E-state index contributed by atoms with van der Waals surface area (Å²) in [6.45, 7) is 6.44. The normalized spacial score (nSPS) is 22.4. The second-order valence-electron chi connectivity index (χ2n) is 8.32. The Labute approximate surface area is 168 Å². The van der Waals surface area contributed by atoms with Crippen molar-refractivity contribution in [2.75, 3.05) is 38.0 Å². The Morgan fingerprint density at radius 3 is 2.57 bits per heavy atom. The highest BCUT2D eigenvalue weighted by atomic mass is 16.2.